The summed E-state index contributed by atoms with van der Waals surface area (Å²) in [7, 11) is 0. The molecule has 0 atom stereocenters. The molecule has 0 fully saturated rings. The van der Waals surface area contributed by atoms with Crippen LogP contribution in [-0.4, -0.2) is 27.4 Å². The summed E-state index contributed by atoms with van der Waals surface area (Å²) < 4.78 is 13.7. The highest BCUT2D eigenvalue weighted by Gasteiger charge is 2.21. The third kappa shape index (κ3) is 2.93. The second-order valence-electron chi connectivity index (χ2n) is 4.31. The first-order chi connectivity index (χ1) is 9.63. The van der Waals surface area contributed by atoms with Gasteiger partial charge in [0.15, 0.2) is 0 Å². The van der Waals surface area contributed by atoms with Crippen molar-refractivity contribution in [3.05, 3.63) is 59.7 Å². The standard InChI is InChI=1S/C15H15FN2O2/c1-2-18(10-11-6-8-17-9-7-11)15(20)14-12(16)4-3-5-13(14)19/h3-9,19H,2,10H2,1H3. The summed E-state index contributed by atoms with van der Waals surface area (Å²) in [6, 6.07) is 7.40. The predicted octanol–water partition coefficient (Wildman–Crippen LogP) is 2.59. The van der Waals surface area contributed by atoms with Crippen molar-refractivity contribution in [2.75, 3.05) is 6.54 Å². The number of phenolic OH excluding ortho intramolecular Hbond substituents is 1. The molecule has 5 heteroatoms. The zero-order chi connectivity index (χ0) is 14.5. The second-order valence-corrected chi connectivity index (χ2v) is 4.31. The Hall–Kier alpha value is -2.43. The third-order valence-corrected chi connectivity index (χ3v) is 3.00. The Morgan fingerprint density at radius 3 is 2.60 bits per heavy atom. The summed E-state index contributed by atoms with van der Waals surface area (Å²) in [4.78, 5) is 17.7. The lowest BCUT2D eigenvalue weighted by Gasteiger charge is -2.21. The fraction of sp³-hybridized carbons (Fsp3) is 0.200. The Bertz CT molecular complexity index is 582. The van der Waals surface area contributed by atoms with E-state index in [9.17, 15) is 14.3 Å². The molecule has 0 aliphatic rings. The maximum Gasteiger partial charge on any atom is 0.260 e. The first-order valence-corrected chi connectivity index (χ1v) is 6.29. The number of benzene rings is 1. The molecule has 0 saturated carbocycles. The van der Waals surface area contributed by atoms with Gasteiger partial charge in [-0.15, -0.1) is 0 Å². The topological polar surface area (TPSA) is 53.4 Å². The highest BCUT2D eigenvalue weighted by molar-refractivity contribution is 5.97. The lowest BCUT2D eigenvalue weighted by atomic mass is 10.1. The Kier molecular flexibility index (Phi) is 4.30. The zero-order valence-corrected chi connectivity index (χ0v) is 11.1. The molecule has 2 aromatic rings. The van der Waals surface area contributed by atoms with Gasteiger partial charge in [-0.25, -0.2) is 4.39 Å². The van der Waals surface area contributed by atoms with Gasteiger partial charge in [-0.1, -0.05) is 6.07 Å². The molecular weight excluding hydrogens is 259 g/mol. The van der Waals surface area contributed by atoms with Gasteiger partial charge in [0, 0.05) is 25.5 Å². The van der Waals surface area contributed by atoms with E-state index in [-0.39, 0.29) is 11.3 Å². The molecule has 0 unspecified atom stereocenters. The van der Waals surface area contributed by atoms with E-state index in [0.29, 0.717) is 13.1 Å². The highest BCUT2D eigenvalue weighted by atomic mass is 19.1. The maximum atomic E-state index is 13.7. The molecule has 1 aromatic carbocycles. The summed E-state index contributed by atoms with van der Waals surface area (Å²) in [6.45, 7) is 2.55. The number of carbonyl (C=O) groups is 1. The minimum Gasteiger partial charge on any atom is -0.507 e. The van der Waals surface area contributed by atoms with Crippen LogP contribution in [0.2, 0.25) is 0 Å². The summed E-state index contributed by atoms with van der Waals surface area (Å²) in [6.07, 6.45) is 3.27. The van der Waals surface area contributed by atoms with Crippen LogP contribution in [0.25, 0.3) is 0 Å². The van der Waals surface area contributed by atoms with Crippen LogP contribution < -0.4 is 0 Å². The Morgan fingerprint density at radius 2 is 2.00 bits per heavy atom. The van der Waals surface area contributed by atoms with Crippen LogP contribution in [-0.2, 0) is 6.54 Å². The van der Waals surface area contributed by atoms with Gasteiger partial charge in [0.05, 0.1) is 0 Å². The fourth-order valence-electron chi connectivity index (χ4n) is 1.92. The number of hydrogen-bond acceptors (Lipinski definition) is 3. The number of amides is 1. The van der Waals surface area contributed by atoms with E-state index in [1.807, 2.05) is 0 Å². The molecule has 0 bridgehead atoms. The molecule has 104 valence electrons. The van der Waals surface area contributed by atoms with E-state index in [4.69, 9.17) is 0 Å². The highest BCUT2D eigenvalue weighted by Crippen LogP contribution is 2.22. The molecule has 0 aliphatic heterocycles. The van der Waals surface area contributed by atoms with Gasteiger partial charge in [-0.3, -0.25) is 9.78 Å². The van der Waals surface area contributed by atoms with E-state index >= 15 is 0 Å². The number of aromatic nitrogens is 1. The zero-order valence-electron chi connectivity index (χ0n) is 11.1. The van der Waals surface area contributed by atoms with E-state index in [2.05, 4.69) is 4.98 Å². The summed E-state index contributed by atoms with van der Waals surface area (Å²) in [5.41, 5.74) is 0.606. The predicted molar refractivity (Wildman–Crippen MR) is 72.7 cm³/mol. The van der Waals surface area contributed by atoms with E-state index < -0.39 is 11.7 Å². The number of nitrogens with zero attached hydrogens (tertiary/aromatic N) is 2. The van der Waals surface area contributed by atoms with Crippen molar-refractivity contribution in [3.63, 3.8) is 0 Å². The largest absolute Gasteiger partial charge is 0.507 e. The minimum absolute atomic E-state index is 0.289. The average Bonchev–Trinajstić information content (AvgIpc) is 2.45. The summed E-state index contributed by atoms with van der Waals surface area (Å²) >= 11 is 0. The molecular formula is C15H15FN2O2. The number of rotatable bonds is 4. The average molecular weight is 274 g/mol. The van der Waals surface area contributed by atoms with Crippen LogP contribution in [0.5, 0.6) is 5.75 Å². The Labute approximate surface area is 116 Å². The molecule has 2 rings (SSSR count). The van der Waals surface area contributed by atoms with Crippen molar-refractivity contribution in [2.24, 2.45) is 0 Å². The van der Waals surface area contributed by atoms with Gasteiger partial charge in [0.2, 0.25) is 0 Å². The monoisotopic (exact) mass is 274 g/mol. The lowest BCUT2D eigenvalue weighted by Crippen LogP contribution is -2.31. The van der Waals surface area contributed by atoms with Crippen LogP contribution in [0, 0.1) is 5.82 Å². The van der Waals surface area contributed by atoms with Crippen LogP contribution in [0.3, 0.4) is 0 Å². The van der Waals surface area contributed by atoms with Crippen molar-refractivity contribution < 1.29 is 14.3 Å². The van der Waals surface area contributed by atoms with Crippen molar-refractivity contribution in [2.45, 2.75) is 13.5 Å². The Balaban J connectivity index is 2.26. The van der Waals surface area contributed by atoms with Crippen LogP contribution in [0.15, 0.2) is 42.7 Å². The van der Waals surface area contributed by atoms with E-state index in [0.717, 1.165) is 11.6 Å². The molecule has 0 saturated heterocycles. The van der Waals surface area contributed by atoms with Gasteiger partial charge < -0.3 is 10.0 Å². The number of phenols is 1. The van der Waals surface area contributed by atoms with Crippen molar-refractivity contribution in [3.8, 4) is 5.75 Å². The number of carbonyl (C=O) groups excluding carboxylic acids is 1. The smallest absolute Gasteiger partial charge is 0.260 e. The summed E-state index contributed by atoms with van der Waals surface area (Å²) in [5.74, 6) is -1.59. The van der Waals surface area contributed by atoms with Gasteiger partial charge in [0.1, 0.15) is 17.1 Å². The van der Waals surface area contributed by atoms with Gasteiger partial charge >= 0.3 is 0 Å². The number of aromatic hydroxyl groups is 1. The van der Waals surface area contributed by atoms with Crippen molar-refractivity contribution in [1.29, 1.82) is 0 Å². The van der Waals surface area contributed by atoms with E-state index in [1.165, 1.54) is 17.0 Å². The second kappa shape index (κ2) is 6.14. The van der Waals surface area contributed by atoms with Crippen molar-refractivity contribution in [1.82, 2.24) is 9.88 Å². The van der Waals surface area contributed by atoms with Crippen LogP contribution in [0.4, 0.5) is 4.39 Å². The fourth-order valence-corrected chi connectivity index (χ4v) is 1.92. The SMILES string of the molecule is CCN(Cc1ccncc1)C(=O)c1c(O)cccc1F. The molecule has 0 radical (unpaired) electrons. The normalized spacial score (nSPS) is 10.3. The number of halogens is 1. The molecule has 0 spiro atoms. The number of hydrogen-bond donors (Lipinski definition) is 1. The van der Waals surface area contributed by atoms with Gasteiger partial charge in [-0.2, -0.15) is 0 Å². The third-order valence-electron chi connectivity index (χ3n) is 3.00. The molecule has 4 nitrogen and oxygen atoms in total. The van der Waals surface area contributed by atoms with Gasteiger partial charge in [-0.05, 0) is 36.8 Å². The molecule has 20 heavy (non-hydrogen) atoms. The van der Waals surface area contributed by atoms with E-state index in [1.54, 1.807) is 31.5 Å². The first kappa shape index (κ1) is 14.0. The molecule has 1 aromatic heterocycles. The minimum atomic E-state index is -0.719. The van der Waals surface area contributed by atoms with Crippen LogP contribution >= 0.6 is 0 Å². The quantitative estimate of drug-likeness (QED) is 0.932. The lowest BCUT2D eigenvalue weighted by molar-refractivity contribution is 0.0744. The molecule has 1 heterocycles. The van der Waals surface area contributed by atoms with Crippen LogP contribution in [0.1, 0.15) is 22.8 Å². The molecule has 0 aliphatic carbocycles. The van der Waals surface area contributed by atoms with Crippen molar-refractivity contribution >= 4 is 5.91 Å². The first-order valence-electron chi connectivity index (χ1n) is 6.29. The van der Waals surface area contributed by atoms with Gasteiger partial charge in [0.25, 0.3) is 5.91 Å². The molecule has 1 amide bonds. The summed E-state index contributed by atoms with van der Waals surface area (Å²) in [5, 5.41) is 9.67. The molecule has 1 N–H and O–H groups in total. The number of pyridine rings is 1. The maximum absolute atomic E-state index is 13.7. The Morgan fingerprint density at radius 1 is 1.30 bits per heavy atom.